The predicted molar refractivity (Wildman–Crippen MR) is 122 cm³/mol. The number of benzene rings is 2. The first kappa shape index (κ1) is 21.4. The zero-order valence-corrected chi connectivity index (χ0v) is 18.0. The van der Waals surface area contributed by atoms with Gasteiger partial charge in [-0.3, -0.25) is 4.21 Å². The Morgan fingerprint density at radius 2 is 1.31 bits per heavy atom. The molecule has 3 nitrogen and oxygen atoms in total. The molecule has 0 amide bonds. The van der Waals surface area contributed by atoms with Crippen LogP contribution in [-0.4, -0.2) is 20.2 Å². The molecule has 0 fully saturated rings. The number of nitrogens with zero attached hydrogens (tertiary/aromatic N) is 2. The molecule has 0 saturated carbocycles. The van der Waals surface area contributed by atoms with Crippen molar-refractivity contribution in [1.82, 2.24) is 10.2 Å². The Bertz CT molecular complexity index is 897. The van der Waals surface area contributed by atoms with Crippen LogP contribution in [0.3, 0.4) is 0 Å². The Balaban J connectivity index is 1.73. The summed E-state index contributed by atoms with van der Waals surface area (Å²) < 4.78 is 12.8. The summed E-state index contributed by atoms with van der Waals surface area (Å²) in [4.78, 5) is 0. The van der Waals surface area contributed by atoms with Crippen LogP contribution in [0.5, 0.6) is 0 Å². The van der Waals surface area contributed by atoms with Gasteiger partial charge >= 0.3 is 0 Å². The Morgan fingerprint density at radius 3 is 1.97 bits per heavy atom. The molecular formula is C25H30N2OS. The van der Waals surface area contributed by atoms with E-state index in [1.165, 1.54) is 32.1 Å². The van der Waals surface area contributed by atoms with Gasteiger partial charge in [-0.25, -0.2) is 0 Å². The molecular weight excluding hydrogens is 376 g/mol. The first-order valence-electron chi connectivity index (χ1n) is 10.7. The third-order valence-corrected chi connectivity index (χ3v) is 6.40. The Morgan fingerprint density at radius 1 is 0.724 bits per heavy atom. The molecule has 0 aliphatic heterocycles. The fourth-order valence-corrected chi connectivity index (χ4v) is 4.48. The van der Waals surface area contributed by atoms with Gasteiger partial charge in [-0.1, -0.05) is 106 Å². The van der Waals surface area contributed by atoms with Crippen molar-refractivity contribution in [3.63, 3.8) is 0 Å². The summed E-state index contributed by atoms with van der Waals surface area (Å²) in [5.74, 6) is 0.654. The third kappa shape index (κ3) is 6.33. The summed E-state index contributed by atoms with van der Waals surface area (Å²) in [6.45, 7) is 2.23. The fraction of sp³-hybridized carbons (Fsp3) is 0.360. The van der Waals surface area contributed by atoms with Crippen LogP contribution >= 0.6 is 0 Å². The van der Waals surface area contributed by atoms with Crippen molar-refractivity contribution in [2.45, 2.75) is 56.9 Å². The van der Waals surface area contributed by atoms with Gasteiger partial charge in [0.05, 0.1) is 10.8 Å². The molecule has 4 heteroatoms. The third-order valence-electron chi connectivity index (χ3n) is 5.07. The van der Waals surface area contributed by atoms with E-state index in [0.717, 1.165) is 35.2 Å². The van der Waals surface area contributed by atoms with Crippen molar-refractivity contribution >= 4 is 10.8 Å². The maximum atomic E-state index is 12.8. The molecule has 0 radical (unpaired) electrons. The summed E-state index contributed by atoms with van der Waals surface area (Å²) in [6, 6.07) is 22.2. The van der Waals surface area contributed by atoms with E-state index in [2.05, 4.69) is 29.3 Å². The monoisotopic (exact) mass is 406 g/mol. The SMILES string of the molecule is CCCCCCCCCS(=O)c1cc(-c2ccccc2)c(-c2ccccc2)nn1. The van der Waals surface area contributed by atoms with E-state index in [9.17, 15) is 4.21 Å². The van der Waals surface area contributed by atoms with Gasteiger partial charge < -0.3 is 0 Å². The zero-order valence-electron chi connectivity index (χ0n) is 17.2. The maximum Gasteiger partial charge on any atom is 0.150 e. The quantitative estimate of drug-likeness (QED) is 0.334. The molecule has 1 unspecified atom stereocenters. The maximum absolute atomic E-state index is 12.8. The smallest absolute Gasteiger partial charge is 0.150 e. The lowest BCUT2D eigenvalue weighted by atomic mass is 10.0. The lowest BCUT2D eigenvalue weighted by Gasteiger charge is -2.10. The highest BCUT2D eigenvalue weighted by Crippen LogP contribution is 2.30. The summed E-state index contributed by atoms with van der Waals surface area (Å²) in [7, 11) is -1.11. The molecule has 2 aromatic carbocycles. The summed E-state index contributed by atoms with van der Waals surface area (Å²) in [5, 5.41) is 9.39. The molecule has 1 heterocycles. The molecule has 152 valence electrons. The van der Waals surface area contributed by atoms with Crippen LogP contribution < -0.4 is 0 Å². The number of unbranched alkanes of at least 4 members (excludes halogenated alkanes) is 6. The van der Waals surface area contributed by atoms with E-state index < -0.39 is 10.8 Å². The van der Waals surface area contributed by atoms with Crippen LogP contribution in [0.15, 0.2) is 71.8 Å². The van der Waals surface area contributed by atoms with E-state index in [1.807, 2.05) is 54.6 Å². The van der Waals surface area contributed by atoms with Crippen LogP contribution in [0, 0.1) is 0 Å². The second-order valence-electron chi connectivity index (χ2n) is 7.35. The molecule has 3 aromatic rings. The molecule has 3 rings (SSSR count). The zero-order chi connectivity index (χ0) is 20.3. The van der Waals surface area contributed by atoms with Crippen LogP contribution in [-0.2, 0) is 10.8 Å². The lowest BCUT2D eigenvalue weighted by Crippen LogP contribution is -2.04. The summed E-state index contributed by atoms with van der Waals surface area (Å²) in [6.07, 6.45) is 8.52. The van der Waals surface area contributed by atoms with E-state index in [-0.39, 0.29) is 0 Å². The number of rotatable bonds is 11. The molecule has 0 spiro atoms. The van der Waals surface area contributed by atoms with Crippen molar-refractivity contribution in [2.24, 2.45) is 0 Å². The van der Waals surface area contributed by atoms with Crippen LogP contribution in [0.2, 0.25) is 0 Å². The van der Waals surface area contributed by atoms with Gasteiger partial charge in [0.2, 0.25) is 0 Å². The number of hydrogen-bond acceptors (Lipinski definition) is 3. The minimum atomic E-state index is -1.11. The molecule has 0 aliphatic rings. The van der Waals surface area contributed by atoms with Gasteiger partial charge in [0.25, 0.3) is 0 Å². The highest BCUT2D eigenvalue weighted by molar-refractivity contribution is 7.84. The Kier molecular flexibility index (Phi) is 8.57. The average Bonchev–Trinajstić information content (AvgIpc) is 2.79. The largest absolute Gasteiger partial charge is 0.253 e. The van der Waals surface area contributed by atoms with Gasteiger partial charge in [-0.05, 0) is 18.1 Å². The van der Waals surface area contributed by atoms with Crippen molar-refractivity contribution < 1.29 is 4.21 Å². The van der Waals surface area contributed by atoms with Gasteiger partial charge in [-0.15, -0.1) is 10.2 Å². The predicted octanol–water partition coefficient (Wildman–Crippen LogP) is 6.67. The standard InChI is InChI=1S/C25H30N2OS/c1-2-3-4-5-6-7-14-19-29(28)24-20-23(21-15-10-8-11-16-21)25(27-26-24)22-17-12-9-13-18-22/h8-13,15-18,20H,2-7,14,19H2,1H3. The minimum Gasteiger partial charge on any atom is -0.253 e. The average molecular weight is 407 g/mol. The van der Waals surface area contributed by atoms with Gasteiger partial charge in [0.15, 0.2) is 5.03 Å². The first-order chi connectivity index (χ1) is 14.3. The summed E-state index contributed by atoms with van der Waals surface area (Å²) in [5.41, 5.74) is 3.89. The van der Waals surface area contributed by atoms with Crippen molar-refractivity contribution in [3.05, 3.63) is 66.7 Å². The van der Waals surface area contributed by atoms with Crippen LogP contribution in [0.1, 0.15) is 51.9 Å². The van der Waals surface area contributed by atoms with Crippen LogP contribution in [0.4, 0.5) is 0 Å². The van der Waals surface area contributed by atoms with Gasteiger partial charge in [0, 0.05) is 16.9 Å². The fourth-order valence-electron chi connectivity index (χ4n) is 3.43. The molecule has 0 N–H and O–H groups in total. The van der Waals surface area contributed by atoms with Crippen LogP contribution in [0.25, 0.3) is 22.4 Å². The van der Waals surface area contributed by atoms with E-state index in [1.54, 1.807) is 0 Å². The first-order valence-corrected chi connectivity index (χ1v) is 12.0. The lowest BCUT2D eigenvalue weighted by molar-refractivity contribution is 0.600. The highest BCUT2D eigenvalue weighted by atomic mass is 32.2. The van der Waals surface area contributed by atoms with E-state index in [4.69, 9.17) is 0 Å². The van der Waals surface area contributed by atoms with E-state index >= 15 is 0 Å². The molecule has 0 bridgehead atoms. The molecule has 0 aliphatic carbocycles. The Labute approximate surface area is 177 Å². The highest BCUT2D eigenvalue weighted by Gasteiger charge is 2.14. The normalized spacial score (nSPS) is 12.0. The summed E-state index contributed by atoms with van der Waals surface area (Å²) >= 11 is 0. The molecule has 29 heavy (non-hydrogen) atoms. The van der Waals surface area contributed by atoms with Gasteiger partial charge in [-0.2, -0.15) is 0 Å². The Hall–Kier alpha value is -2.33. The number of hydrogen-bond donors (Lipinski definition) is 0. The van der Waals surface area contributed by atoms with Crippen molar-refractivity contribution in [3.8, 4) is 22.4 Å². The molecule has 0 saturated heterocycles. The molecule has 1 atom stereocenters. The number of aromatic nitrogens is 2. The molecule has 1 aromatic heterocycles. The second-order valence-corrected chi connectivity index (χ2v) is 8.87. The second kappa shape index (κ2) is 11.6. The minimum absolute atomic E-state index is 0.578. The van der Waals surface area contributed by atoms with E-state index in [0.29, 0.717) is 10.8 Å². The van der Waals surface area contributed by atoms with Crippen molar-refractivity contribution in [1.29, 1.82) is 0 Å². The van der Waals surface area contributed by atoms with Gasteiger partial charge in [0.1, 0.15) is 5.69 Å². The topological polar surface area (TPSA) is 42.9 Å². The van der Waals surface area contributed by atoms with Crippen molar-refractivity contribution in [2.75, 3.05) is 5.75 Å².